The number of benzene rings is 4. The Kier molecular flexibility index (Phi) is 9.07. The average molecular weight is 862 g/mol. The molecule has 0 aromatic heterocycles. The van der Waals surface area contributed by atoms with Gasteiger partial charge in [-0.05, 0) is 119 Å². The number of hydrogen-bond acceptors (Lipinski definition) is 9. The maximum absolute atomic E-state index is 15.3. The highest BCUT2D eigenvalue weighted by Gasteiger charge is 2.70. The van der Waals surface area contributed by atoms with Crippen LogP contribution in [-0.4, -0.2) is 58.0 Å². The highest BCUT2D eigenvalue weighted by atomic mass is 127. The molecule has 2 heterocycles. The Morgan fingerprint density at radius 3 is 2.35 bits per heavy atom. The van der Waals surface area contributed by atoms with Gasteiger partial charge in [0.15, 0.2) is 11.5 Å². The zero-order valence-corrected chi connectivity index (χ0v) is 31.4. The van der Waals surface area contributed by atoms with Crippen LogP contribution in [0.4, 0.5) is 15.8 Å². The lowest BCUT2D eigenvalue weighted by atomic mass is 9.49. The number of aromatic hydroxyl groups is 1. The lowest BCUT2D eigenvalue weighted by molar-refractivity contribution is -0.138. The van der Waals surface area contributed by atoms with Gasteiger partial charge in [0, 0.05) is 10.9 Å². The summed E-state index contributed by atoms with van der Waals surface area (Å²) in [6.07, 6.45) is 2.07. The Hall–Kier alpha value is -4.77. The molecular formula is C39H31BClFIN3O8. The first-order chi connectivity index (χ1) is 25.9. The van der Waals surface area contributed by atoms with Gasteiger partial charge < -0.3 is 19.9 Å². The Balaban J connectivity index is 1.33. The van der Waals surface area contributed by atoms with Crippen molar-refractivity contribution in [2.45, 2.75) is 24.2 Å². The number of carbonyl (C=O) groups excluding carboxylic acids is 4. The van der Waals surface area contributed by atoms with Gasteiger partial charge >= 0.3 is 7.12 Å². The molecule has 1 saturated carbocycles. The van der Waals surface area contributed by atoms with E-state index in [1.165, 1.54) is 49.6 Å². The Labute approximate surface area is 327 Å². The van der Waals surface area contributed by atoms with E-state index < -0.39 is 71.6 Å². The highest BCUT2D eigenvalue weighted by Crippen LogP contribution is 2.64. The number of carbonyl (C=O) groups is 4. The summed E-state index contributed by atoms with van der Waals surface area (Å²) in [5.41, 5.74) is 3.58. The molecule has 0 unspecified atom stereocenters. The van der Waals surface area contributed by atoms with Crippen molar-refractivity contribution in [3.63, 3.8) is 0 Å². The summed E-state index contributed by atoms with van der Waals surface area (Å²) in [6.45, 7) is 0. The minimum absolute atomic E-state index is 0.0207. The van der Waals surface area contributed by atoms with E-state index in [-0.39, 0.29) is 35.5 Å². The van der Waals surface area contributed by atoms with Crippen molar-refractivity contribution in [2.75, 3.05) is 17.4 Å². The van der Waals surface area contributed by atoms with E-state index in [2.05, 4.69) is 5.43 Å². The second kappa shape index (κ2) is 13.5. The third-order valence-electron chi connectivity index (χ3n) is 11.3. The Morgan fingerprint density at radius 1 is 0.944 bits per heavy atom. The van der Waals surface area contributed by atoms with Crippen LogP contribution < -0.4 is 20.5 Å². The van der Waals surface area contributed by atoms with Gasteiger partial charge in [0.05, 0.1) is 45.2 Å². The minimum atomic E-state index is -1.82. The molecule has 15 heteroatoms. The molecule has 3 fully saturated rings. The van der Waals surface area contributed by atoms with E-state index in [0.717, 1.165) is 9.91 Å². The van der Waals surface area contributed by atoms with Crippen molar-refractivity contribution in [2.24, 2.45) is 23.7 Å². The molecule has 11 nitrogen and oxygen atoms in total. The van der Waals surface area contributed by atoms with E-state index in [1.54, 1.807) is 42.5 Å². The van der Waals surface area contributed by atoms with E-state index >= 15 is 4.79 Å². The summed E-state index contributed by atoms with van der Waals surface area (Å²) < 4.78 is 19.9. The maximum Gasteiger partial charge on any atom is 0.488 e. The summed E-state index contributed by atoms with van der Waals surface area (Å²) in [7, 11) is -0.419. The summed E-state index contributed by atoms with van der Waals surface area (Å²) in [5.74, 6) is -6.97. The van der Waals surface area contributed by atoms with E-state index in [0.29, 0.717) is 31.0 Å². The van der Waals surface area contributed by atoms with Crippen molar-refractivity contribution < 1.29 is 43.5 Å². The summed E-state index contributed by atoms with van der Waals surface area (Å²) in [5, 5.41) is 31.9. The van der Waals surface area contributed by atoms with E-state index in [9.17, 15) is 33.9 Å². The first kappa shape index (κ1) is 36.2. The molecule has 4 aromatic rings. The molecule has 2 aliphatic heterocycles. The number of phenols is 1. The number of phenolic OH excluding ortho intramolecular Hbond substituents is 1. The van der Waals surface area contributed by atoms with Crippen molar-refractivity contribution >= 4 is 81.8 Å². The van der Waals surface area contributed by atoms with Crippen molar-refractivity contribution in [3.05, 3.63) is 122 Å². The first-order valence-corrected chi connectivity index (χ1v) is 18.6. The normalized spacial score (nSPS) is 26.0. The second-order valence-electron chi connectivity index (χ2n) is 13.9. The smallest absolute Gasteiger partial charge is 0.488 e. The zero-order chi connectivity index (χ0) is 38.2. The number of nitrogens with one attached hydrogen (secondary N) is 1. The van der Waals surface area contributed by atoms with Gasteiger partial charge in [0.2, 0.25) is 11.8 Å². The number of allylic oxidation sites excluding steroid dienone is 2. The lowest BCUT2D eigenvalue weighted by Gasteiger charge is -2.50. The molecule has 8 rings (SSSR count). The molecule has 4 aliphatic rings. The van der Waals surface area contributed by atoms with Crippen LogP contribution in [0, 0.1) is 33.1 Å². The molecule has 0 spiro atoms. The minimum Gasteiger partial charge on any atom is -0.504 e. The predicted octanol–water partition coefficient (Wildman–Crippen LogP) is 4.67. The number of methoxy groups -OCH3 is 1. The lowest BCUT2D eigenvalue weighted by Crippen LogP contribution is -2.53. The number of halogens is 3. The van der Waals surface area contributed by atoms with Crippen LogP contribution in [-0.2, 0) is 24.6 Å². The van der Waals surface area contributed by atoms with Crippen LogP contribution in [0.1, 0.15) is 29.9 Å². The van der Waals surface area contributed by atoms with Crippen LogP contribution in [0.3, 0.4) is 0 Å². The monoisotopic (exact) mass is 861 g/mol. The maximum atomic E-state index is 15.3. The van der Waals surface area contributed by atoms with Gasteiger partial charge in [-0.25, -0.2) is 4.39 Å². The average Bonchev–Trinajstić information content (AvgIpc) is 3.54. The fourth-order valence-corrected chi connectivity index (χ4v) is 9.78. The second-order valence-corrected chi connectivity index (χ2v) is 15.5. The van der Waals surface area contributed by atoms with Gasteiger partial charge in [-0.15, -0.1) is 0 Å². The molecule has 274 valence electrons. The van der Waals surface area contributed by atoms with Crippen LogP contribution in [0.2, 0.25) is 5.02 Å². The van der Waals surface area contributed by atoms with Crippen molar-refractivity contribution in [1.82, 2.24) is 5.01 Å². The quantitative estimate of drug-likeness (QED) is 0.0899. The molecule has 0 radical (unpaired) electrons. The number of rotatable bonds is 7. The summed E-state index contributed by atoms with van der Waals surface area (Å²) in [6, 6.07) is 21.2. The van der Waals surface area contributed by atoms with Crippen molar-refractivity contribution in [1.29, 1.82) is 0 Å². The number of hydrazine groups is 1. The Bertz CT molecular complexity index is 2270. The third-order valence-corrected chi connectivity index (χ3v) is 12.4. The van der Waals surface area contributed by atoms with E-state index in [4.69, 9.17) is 16.3 Å². The van der Waals surface area contributed by atoms with Gasteiger partial charge in [-0.3, -0.25) is 29.5 Å². The van der Waals surface area contributed by atoms with Crippen LogP contribution in [0.15, 0.2) is 96.6 Å². The number of amides is 4. The standard InChI is InChI=1S/C39H31BClFIN3O8/c1-54-31-16-19(15-30(43)34(31)47)33-26-13-14-27-32(37(50)45(35(27)48)25-4-2-3-21(17-25)40(52)53)28(26)18-29-36(49)46(44-24-11-9-23(42)10-12-24)38(51)39(29,33)20-5-7-22(41)8-6-20/h2-13,15-17,27-29,32-33,44,47,52-53H,14,18H2,1H3/t27-,28+,29-,32-,33-,39+/m0/s1. The van der Waals surface area contributed by atoms with Gasteiger partial charge in [-0.1, -0.05) is 47.5 Å². The molecule has 4 N–H and O–H groups in total. The van der Waals surface area contributed by atoms with Gasteiger partial charge in [-0.2, -0.15) is 5.01 Å². The molecule has 2 saturated heterocycles. The number of ether oxygens (including phenoxy) is 1. The van der Waals surface area contributed by atoms with Gasteiger partial charge in [0.25, 0.3) is 11.8 Å². The molecular weight excluding hydrogens is 831 g/mol. The molecule has 0 bridgehead atoms. The number of anilines is 2. The molecule has 2 aliphatic carbocycles. The SMILES string of the molecule is COc1cc([C@H]2C3=CC[C@@H]4C(=O)N(c5cccc(B(O)O)c5)C(=O)[C@@H]4[C@@H]3C[C@H]3C(=O)N(Nc4ccc(F)cc4)C(=O)[C@@]23c2ccc(Cl)cc2)cc(I)c1O. The number of imide groups is 2. The van der Waals surface area contributed by atoms with E-state index in [1.807, 2.05) is 28.7 Å². The topological polar surface area (TPSA) is 157 Å². The number of hydrogen-bond donors (Lipinski definition) is 4. The fraction of sp³-hybridized carbons (Fsp3) is 0.231. The highest BCUT2D eigenvalue weighted by molar-refractivity contribution is 14.1. The van der Waals surface area contributed by atoms with Crippen LogP contribution in [0.25, 0.3) is 0 Å². The van der Waals surface area contributed by atoms with Crippen molar-refractivity contribution in [3.8, 4) is 11.5 Å². The molecule has 6 atom stereocenters. The zero-order valence-electron chi connectivity index (χ0n) is 28.4. The number of nitrogens with zero attached hydrogens (tertiary/aromatic N) is 2. The summed E-state index contributed by atoms with van der Waals surface area (Å²) >= 11 is 8.34. The number of fused-ring (bicyclic) bond motifs is 4. The molecule has 54 heavy (non-hydrogen) atoms. The van der Waals surface area contributed by atoms with Crippen LogP contribution in [0.5, 0.6) is 11.5 Å². The molecule has 4 amide bonds. The summed E-state index contributed by atoms with van der Waals surface area (Å²) in [4.78, 5) is 59.9. The first-order valence-electron chi connectivity index (χ1n) is 17.1. The Morgan fingerprint density at radius 2 is 1.67 bits per heavy atom. The largest absolute Gasteiger partial charge is 0.504 e. The predicted molar refractivity (Wildman–Crippen MR) is 205 cm³/mol. The molecule has 4 aromatic carbocycles. The van der Waals surface area contributed by atoms with Gasteiger partial charge in [0.1, 0.15) is 5.82 Å². The third kappa shape index (κ3) is 5.44. The fourth-order valence-electron chi connectivity index (χ4n) is 9.03. The van der Waals surface area contributed by atoms with Crippen LogP contribution >= 0.6 is 34.2 Å².